The van der Waals surface area contributed by atoms with E-state index in [0.29, 0.717) is 0 Å². The Hall–Kier alpha value is -0.500. The molecule has 12 heavy (non-hydrogen) atoms. The molecule has 4 N–H and O–H groups in total. The first kappa shape index (κ1) is 11.5. The summed E-state index contributed by atoms with van der Waals surface area (Å²) >= 11 is -2.36. The van der Waals surface area contributed by atoms with Crippen molar-refractivity contribution in [1.29, 1.82) is 0 Å². The Bertz CT molecular complexity index is 184. The van der Waals surface area contributed by atoms with Crippen molar-refractivity contribution in [3.63, 3.8) is 0 Å². The molecule has 0 heterocycles. The zero-order valence-electron chi connectivity index (χ0n) is 6.81. The molecule has 0 aromatic heterocycles. The summed E-state index contributed by atoms with van der Waals surface area (Å²) in [5, 5.41) is 0. The molecule has 0 radical (unpaired) electrons. The highest BCUT2D eigenvalue weighted by Gasteiger charge is 2.19. The Kier molecular flexibility index (Phi) is 4.98. The van der Waals surface area contributed by atoms with Gasteiger partial charge in [-0.15, -0.1) is 0 Å². The van der Waals surface area contributed by atoms with Crippen molar-refractivity contribution in [2.24, 2.45) is 11.7 Å². The molecule has 0 aromatic carbocycles. The smallest absolute Gasteiger partial charge is 0.342 e. The third-order valence-corrected chi connectivity index (χ3v) is 1.43. The summed E-state index contributed by atoms with van der Waals surface area (Å²) in [6.45, 7) is 3.48. The maximum atomic E-state index is 10.8. The van der Waals surface area contributed by atoms with Crippen LogP contribution in [0.25, 0.3) is 0 Å². The molecular weight excluding hydrogens is 184 g/mol. The monoisotopic (exact) mass is 196 g/mol. The van der Waals surface area contributed by atoms with Crippen molar-refractivity contribution < 1.29 is 18.4 Å². The first-order chi connectivity index (χ1) is 5.45. The summed E-state index contributed by atoms with van der Waals surface area (Å²) in [6.07, 6.45) is 0. The van der Waals surface area contributed by atoms with Crippen LogP contribution in [-0.4, -0.2) is 20.8 Å². The Labute approximate surface area is 72.8 Å². The number of nitrogens with two attached hydrogens (primary N) is 1. The third-order valence-electron chi connectivity index (χ3n) is 1.20. The molecule has 2 unspecified atom stereocenters. The zero-order valence-corrected chi connectivity index (χ0v) is 7.63. The van der Waals surface area contributed by atoms with Gasteiger partial charge in [0.25, 0.3) is 11.3 Å². The molecule has 72 valence electrons. The Morgan fingerprint density at radius 3 is 2.50 bits per heavy atom. The standard InChI is InChI=1S/C5H12N2O4S/c1-3(2)4(6)5(8)11-7-12(9)10/h3-4,7H,6H2,1-2H3,(H,9,10). The fraction of sp³-hybridized carbons (Fsp3) is 0.800. The summed E-state index contributed by atoms with van der Waals surface area (Å²) in [5.74, 6) is -0.834. The summed E-state index contributed by atoms with van der Waals surface area (Å²) in [7, 11) is 0. The Morgan fingerprint density at radius 2 is 2.17 bits per heavy atom. The molecule has 0 spiro atoms. The van der Waals surface area contributed by atoms with Crippen LogP contribution in [-0.2, 0) is 20.9 Å². The maximum Gasteiger partial charge on any atom is 0.342 e. The van der Waals surface area contributed by atoms with E-state index in [1.807, 2.05) is 0 Å². The Balaban J connectivity index is 3.80. The van der Waals surface area contributed by atoms with Gasteiger partial charge in [-0.3, -0.25) is 4.55 Å². The van der Waals surface area contributed by atoms with E-state index >= 15 is 0 Å². The van der Waals surface area contributed by atoms with Crippen LogP contribution < -0.4 is 10.6 Å². The van der Waals surface area contributed by atoms with Crippen molar-refractivity contribution in [3.05, 3.63) is 0 Å². The minimum atomic E-state index is -2.36. The molecule has 0 aliphatic heterocycles. The topological polar surface area (TPSA) is 102 Å². The van der Waals surface area contributed by atoms with Gasteiger partial charge in [-0.25, -0.2) is 9.00 Å². The SMILES string of the molecule is CC(C)C(N)C(=O)ONS(=O)O. The summed E-state index contributed by atoms with van der Waals surface area (Å²) in [6, 6.07) is -0.791. The van der Waals surface area contributed by atoms with Crippen molar-refractivity contribution in [3.8, 4) is 0 Å². The van der Waals surface area contributed by atoms with E-state index in [4.69, 9.17) is 10.3 Å². The molecule has 0 rings (SSSR count). The molecule has 7 heteroatoms. The number of hydrogen-bond acceptors (Lipinski definition) is 4. The molecule has 0 fully saturated rings. The fourth-order valence-corrected chi connectivity index (χ4v) is 0.570. The lowest BCUT2D eigenvalue weighted by atomic mass is 10.1. The van der Waals surface area contributed by atoms with Crippen LogP contribution in [0.1, 0.15) is 13.8 Å². The molecule has 6 nitrogen and oxygen atoms in total. The van der Waals surface area contributed by atoms with E-state index in [0.717, 1.165) is 0 Å². The molecule has 0 saturated carbocycles. The van der Waals surface area contributed by atoms with Crippen LogP contribution in [0.3, 0.4) is 0 Å². The number of rotatable bonds is 4. The Morgan fingerprint density at radius 1 is 1.67 bits per heavy atom. The van der Waals surface area contributed by atoms with E-state index in [9.17, 15) is 9.00 Å². The van der Waals surface area contributed by atoms with E-state index in [1.165, 1.54) is 0 Å². The van der Waals surface area contributed by atoms with Crippen molar-refractivity contribution in [1.82, 2.24) is 4.89 Å². The van der Waals surface area contributed by atoms with Gasteiger partial charge in [0.15, 0.2) is 0 Å². The first-order valence-corrected chi connectivity index (χ1v) is 4.38. The second-order valence-electron chi connectivity index (χ2n) is 2.52. The lowest BCUT2D eigenvalue weighted by molar-refractivity contribution is -0.149. The highest BCUT2D eigenvalue weighted by Crippen LogP contribution is 1.99. The second-order valence-corrected chi connectivity index (χ2v) is 3.19. The van der Waals surface area contributed by atoms with E-state index in [-0.39, 0.29) is 5.92 Å². The van der Waals surface area contributed by atoms with Crippen LogP contribution in [0.15, 0.2) is 0 Å². The lowest BCUT2D eigenvalue weighted by Gasteiger charge is -2.12. The van der Waals surface area contributed by atoms with Crippen LogP contribution in [0.5, 0.6) is 0 Å². The maximum absolute atomic E-state index is 10.8. The second kappa shape index (κ2) is 5.20. The quantitative estimate of drug-likeness (QED) is 0.401. The zero-order chi connectivity index (χ0) is 9.72. The number of hydrogen-bond donors (Lipinski definition) is 3. The predicted octanol–water partition coefficient (Wildman–Crippen LogP) is -0.846. The molecule has 0 saturated heterocycles. The van der Waals surface area contributed by atoms with Gasteiger partial charge in [-0.2, -0.15) is 0 Å². The average molecular weight is 196 g/mol. The van der Waals surface area contributed by atoms with Gasteiger partial charge in [-0.1, -0.05) is 13.8 Å². The summed E-state index contributed by atoms with van der Waals surface area (Å²) in [4.78, 5) is 16.6. The van der Waals surface area contributed by atoms with Crippen molar-refractivity contribution in [2.75, 3.05) is 0 Å². The van der Waals surface area contributed by atoms with Gasteiger partial charge in [0.1, 0.15) is 6.04 Å². The molecule has 0 amide bonds. The molecular formula is C5H12N2O4S. The largest absolute Gasteiger partial charge is 0.354 e. The molecule has 0 aliphatic carbocycles. The minimum absolute atomic E-state index is 0.0774. The summed E-state index contributed by atoms with van der Waals surface area (Å²) < 4.78 is 18.1. The molecule has 2 atom stereocenters. The van der Waals surface area contributed by atoms with E-state index < -0.39 is 23.3 Å². The molecule has 0 aromatic rings. The number of carbonyl (C=O) groups is 1. The normalized spacial score (nSPS) is 15.8. The van der Waals surface area contributed by atoms with Crippen LogP contribution >= 0.6 is 0 Å². The van der Waals surface area contributed by atoms with Gasteiger partial charge in [0.2, 0.25) is 0 Å². The van der Waals surface area contributed by atoms with Crippen molar-refractivity contribution in [2.45, 2.75) is 19.9 Å². The highest BCUT2D eigenvalue weighted by atomic mass is 32.2. The van der Waals surface area contributed by atoms with Crippen LogP contribution in [0, 0.1) is 5.92 Å². The summed E-state index contributed by atoms with van der Waals surface area (Å²) in [5.41, 5.74) is 5.35. The molecule has 0 aliphatic rings. The lowest BCUT2D eigenvalue weighted by Crippen LogP contribution is -2.39. The van der Waals surface area contributed by atoms with E-state index in [1.54, 1.807) is 18.7 Å². The van der Waals surface area contributed by atoms with Gasteiger partial charge in [0, 0.05) is 0 Å². The van der Waals surface area contributed by atoms with E-state index in [2.05, 4.69) is 4.84 Å². The van der Waals surface area contributed by atoms with Gasteiger partial charge >= 0.3 is 5.97 Å². The average Bonchev–Trinajstić information content (AvgIpc) is 1.98. The minimum Gasteiger partial charge on any atom is -0.354 e. The van der Waals surface area contributed by atoms with Crippen molar-refractivity contribution >= 4 is 17.2 Å². The van der Waals surface area contributed by atoms with Gasteiger partial charge < -0.3 is 10.6 Å². The third kappa shape index (κ3) is 4.39. The number of nitrogens with one attached hydrogen (secondary N) is 1. The highest BCUT2D eigenvalue weighted by molar-refractivity contribution is 7.76. The van der Waals surface area contributed by atoms with Gasteiger partial charge in [-0.05, 0) is 10.8 Å². The molecule has 0 bridgehead atoms. The number of carbonyl (C=O) groups excluding carboxylic acids is 1. The van der Waals surface area contributed by atoms with Gasteiger partial charge in [0.05, 0.1) is 0 Å². The first-order valence-electron chi connectivity index (χ1n) is 3.28. The van der Waals surface area contributed by atoms with Crippen LogP contribution in [0.2, 0.25) is 0 Å². The van der Waals surface area contributed by atoms with Crippen LogP contribution in [0.4, 0.5) is 0 Å². The predicted molar refractivity (Wildman–Crippen MR) is 42.8 cm³/mol. The fourth-order valence-electron chi connectivity index (χ4n) is 0.417.